The van der Waals surface area contributed by atoms with Crippen LogP contribution < -0.4 is 4.74 Å². The van der Waals surface area contributed by atoms with Gasteiger partial charge in [0.15, 0.2) is 0 Å². The number of thioether (sulfide) groups is 1. The minimum Gasteiger partial charge on any atom is -0.489 e. The highest BCUT2D eigenvalue weighted by Gasteiger charge is 2.20. The van der Waals surface area contributed by atoms with Crippen molar-refractivity contribution < 1.29 is 14.6 Å². The van der Waals surface area contributed by atoms with Crippen LogP contribution in [-0.2, 0) is 0 Å². The molecule has 120 valence electrons. The van der Waals surface area contributed by atoms with Crippen LogP contribution in [0.4, 0.5) is 0 Å². The van der Waals surface area contributed by atoms with E-state index in [4.69, 9.17) is 4.74 Å². The minimum absolute atomic E-state index is 0.00475. The number of carbonyl (C=O) groups excluding carboxylic acids is 1. The maximum Gasteiger partial charge on any atom is 0.222 e. The van der Waals surface area contributed by atoms with Crippen LogP contribution in [0, 0.1) is 0 Å². The lowest BCUT2D eigenvalue weighted by atomic mass is 10.1. The van der Waals surface area contributed by atoms with Gasteiger partial charge in [-0.3, -0.25) is 4.79 Å². The molecule has 0 unspecified atom stereocenters. The molecule has 0 spiro atoms. The van der Waals surface area contributed by atoms with Crippen molar-refractivity contribution in [3.8, 4) is 5.75 Å². The van der Waals surface area contributed by atoms with Crippen LogP contribution in [0.15, 0.2) is 18.3 Å². The number of pyridine rings is 1. The third kappa shape index (κ3) is 3.44. The van der Waals surface area contributed by atoms with Crippen LogP contribution in [0.25, 0.3) is 5.52 Å². The molecule has 0 fully saturated rings. The third-order valence-electron chi connectivity index (χ3n) is 3.21. The van der Waals surface area contributed by atoms with E-state index < -0.39 is 5.60 Å². The van der Waals surface area contributed by atoms with Crippen molar-refractivity contribution in [1.29, 1.82) is 0 Å². The van der Waals surface area contributed by atoms with E-state index in [1.54, 1.807) is 30.8 Å². The first-order valence-electron chi connectivity index (χ1n) is 7.18. The highest BCUT2D eigenvalue weighted by molar-refractivity contribution is 8.13. The zero-order valence-corrected chi connectivity index (χ0v) is 14.4. The van der Waals surface area contributed by atoms with Crippen LogP contribution in [0.1, 0.15) is 49.7 Å². The predicted molar refractivity (Wildman–Crippen MR) is 88.9 cm³/mol. The molecule has 0 bridgehead atoms. The van der Waals surface area contributed by atoms with Crippen LogP contribution in [0.5, 0.6) is 5.75 Å². The van der Waals surface area contributed by atoms with E-state index in [9.17, 15) is 9.90 Å². The largest absolute Gasteiger partial charge is 0.489 e. The highest BCUT2D eigenvalue weighted by Crippen LogP contribution is 2.30. The number of ether oxygens (including phenoxy) is 1. The van der Waals surface area contributed by atoms with E-state index in [1.807, 2.05) is 26.0 Å². The molecule has 0 aliphatic carbocycles. The van der Waals surface area contributed by atoms with E-state index in [-0.39, 0.29) is 17.6 Å². The molecular formula is C16H22N2O3S. The number of fused-ring (bicyclic) bond motifs is 1. The Morgan fingerprint density at radius 3 is 2.68 bits per heavy atom. The molecule has 2 heterocycles. The highest BCUT2D eigenvalue weighted by atomic mass is 32.2. The monoisotopic (exact) mass is 322 g/mol. The van der Waals surface area contributed by atoms with Crippen molar-refractivity contribution in [2.45, 2.75) is 39.2 Å². The Labute approximate surface area is 134 Å². The lowest BCUT2D eigenvalue weighted by Crippen LogP contribution is -2.28. The average molecular weight is 322 g/mol. The summed E-state index contributed by atoms with van der Waals surface area (Å²) in [5, 5.41) is 14.2. The summed E-state index contributed by atoms with van der Waals surface area (Å²) in [7, 11) is 0. The van der Waals surface area contributed by atoms with Crippen LogP contribution >= 0.6 is 11.8 Å². The first-order valence-corrected chi connectivity index (χ1v) is 8.41. The summed E-state index contributed by atoms with van der Waals surface area (Å²) in [6, 6.07) is 3.68. The average Bonchev–Trinajstić information content (AvgIpc) is 2.86. The molecule has 2 rings (SSSR count). The van der Waals surface area contributed by atoms with Gasteiger partial charge in [0, 0.05) is 0 Å². The molecule has 0 saturated carbocycles. The smallest absolute Gasteiger partial charge is 0.222 e. The second-order valence-electron chi connectivity index (χ2n) is 6.19. The van der Waals surface area contributed by atoms with E-state index in [2.05, 4.69) is 5.10 Å². The fourth-order valence-electron chi connectivity index (χ4n) is 2.23. The van der Waals surface area contributed by atoms with E-state index in [0.29, 0.717) is 11.3 Å². The Hall–Kier alpha value is -1.53. The minimum atomic E-state index is -0.909. The lowest BCUT2D eigenvalue weighted by molar-refractivity contribution is 0.0278. The molecule has 1 N–H and O–H groups in total. The molecule has 0 amide bonds. The second kappa shape index (κ2) is 6.30. The number of hydrogen-bond donors (Lipinski definition) is 1. The lowest BCUT2D eigenvalue weighted by Gasteiger charge is -2.21. The summed E-state index contributed by atoms with van der Waals surface area (Å²) < 4.78 is 7.52. The summed E-state index contributed by atoms with van der Waals surface area (Å²) in [6.45, 7) is 7.68. The van der Waals surface area contributed by atoms with Crippen LogP contribution in [-0.4, -0.2) is 38.3 Å². The maximum atomic E-state index is 12.0. The van der Waals surface area contributed by atoms with E-state index >= 15 is 0 Å². The van der Waals surface area contributed by atoms with Gasteiger partial charge in [-0.25, -0.2) is 4.52 Å². The number of hydrogen-bond acceptors (Lipinski definition) is 5. The summed E-state index contributed by atoms with van der Waals surface area (Å²) in [4.78, 5) is 12.0. The van der Waals surface area contributed by atoms with Gasteiger partial charge < -0.3 is 9.84 Å². The molecule has 0 atom stereocenters. The van der Waals surface area contributed by atoms with Crippen LogP contribution in [0.3, 0.4) is 0 Å². The molecule has 5 nitrogen and oxygen atoms in total. The fraction of sp³-hybridized carbons (Fsp3) is 0.500. The SMILES string of the molecule is CSC(=O)c1cnn2c(C(C)C)c(OCC(C)(C)O)ccc12. The van der Waals surface area contributed by atoms with E-state index in [1.165, 1.54) is 11.8 Å². The van der Waals surface area contributed by atoms with Crippen molar-refractivity contribution in [3.05, 3.63) is 29.6 Å². The Bertz CT molecular complexity index is 686. The second-order valence-corrected chi connectivity index (χ2v) is 6.96. The number of aliphatic hydroxyl groups is 1. The summed E-state index contributed by atoms with van der Waals surface area (Å²) >= 11 is 1.17. The number of aromatic nitrogens is 2. The third-order valence-corrected chi connectivity index (χ3v) is 3.80. The summed E-state index contributed by atoms with van der Waals surface area (Å²) in [5.74, 6) is 0.841. The molecule has 2 aromatic rings. The van der Waals surface area contributed by atoms with Gasteiger partial charge in [-0.1, -0.05) is 25.6 Å². The Balaban J connectivity index is 2.51. The number of carbonyl (C=O) groups is 1. The quantitative estimate of drug-likeness (QED) is 0.916. The van der Waals surface area contributed by atoms with Crippen molar-refractivity contribution in [2.75, 3.05) is 12.9 Å². The Morgan fingerprint density at radius 1 is 1.45 bits per heavy atom. The van der Waals surface area contributed by atoms with Gasteiger partial charge in [0.05, 0.1) is 28.6 Å². The standard InChI is InChI=1S/C16H22N2O3S/c1-10(2)14-13(21-9-16(3,4)20)7-6-12-11(15(19)22-5)8-17-18(12)14/h6-8,10,20H,9H2,1-5H3. The molecule has 0 saturated heterocycles. The summed E-state index contributed by atoms with van der Waals surface area (Å²) in [6.07, 6.45) is 3.36. The van der Waals surface area contributed by atoms with Crippen molar-refractivity contribution in [2.24, 2.45) is 0 Å². The Morgan fingerprint density at radius 2 is 2.14 bits per heavy atom. The Kier molecular flexibility index (Phi) is 4.82. The van der Waals surface area contributed by atoms with Gasteiger partial charge >= 0.3 is 0 Å². The first kappa shape index (κ1) is 16.8. The van der Waals surface area contributed by atoms with Crippen molar-refractivity contribution >= 4 is 22.4 Å². The molecule has 0 aromatic carbocycles. The van der Waals surface area contributed by atoms with E-state index in [0.717, 1.165) is 11.2 Å². The number of rotatable bonds is 5. The first-order chi connectivity index (χ1) is 10.2. The van der Waals surface area contributed by atoms with Crippen molar-refractivity contribution in [3.63, 3.8) is 0 Å². The van der Waals surface area contributed by atoms with Gasteiger partial charge in [0.2, 0.25) is 5.12 Å². The normalized spacial score (nSPS) is 12.1. The zero-order chi connectivity index (χ0) is 16.5. The van der Waals surface area contributed by atoms with Crippen LogP contribution in [0.2, 0.25) is 0 Å². The summed E-state index contributed by atoms with van der Waals surface area (Å²) in [5.41, 5.74) is 1.36. The fourth-order valence-corrected chi connectivity index (χ4v) is 2.60. The topological polar surface area (TPSA) is 63.8 Å². The van der Waals surface area contributed by atoms with Gasteiger partial charge in [-0.2, -0.15) is 5.10 Å². The maximum absolute atomic E-state index is 12.0. The van der Waals surface area contributed by atoms with Crippen molar-refractivity contribution in [1.82, 2.24) is 9.61 Å². The van der Waals surface area contributed by atoms with Gasteiger partial charge in [0.25, 0.3) is 0 Å². The molecular weight excluding hydrogens is 300 g/mol. The number of nitrogens with zero attached hydrogens (tertiary/aromatic N) is 2. The molecule has 0 aliphatic heterocycles. The predicted octanol–water partition coefficient (Wildman–Crippen LogP) is 3.11. The molecule has 6 heteroatoms. The molecule has 2 aromatic heterocycles. The van der Waals surface area contributed by atoms with Gasteiger partial charge in [-0.15, -0.1) is 0 Å². The molecule has 22 heavy (non-hydrogen) atoms. The van der Waals surface area contributed by atoms with Gasteiger partial charge in [-0.05, 0) is 38.2 Å². The molecule has 0 aliphatic rings. The zero-order valence-electron chi connectivity index (χ0n) is 13.6. The van der Waals surface area contributed by atoms with Gasteiger partial charge in [0.1, 0.15) is 12.4 Å². The molecule has 0 radical (unpaired) electrons.